The van der Waals surface area contributed by atoms with E-state index >= 15 is 0 Å². The maximum Gasteiger partial charge on any atom is 0.127 e. The molecule has 3 aromatic carbocycles. The summed E-state index contributed by atoms with van der Waals surface area (Å²) in [4.78, 5) is 0. The Hall–Kier alpha value is -3.00. The Balaban J connectivity index is 1.68. The molecule has 3 aromatic rings. The van der Waals surface area contributed by atoms with Crippen molar-refractivity contribution in [1.82, 2.24) is 0 Å². The third kappa shape index (κ3) is 2.64. The minimum absolute atomic E-state index is 0.0285. The Labute approximate surface area is 160 Å². The largest absolute Gasteiger partial charge is 0.488 e. The van der Waals surface area contributed by atoms with Crippen LogP contribution in [-0.2, 0) is 6.61 Å². The van der Waals surface area contributed by atoms with Crippen LogP contribution in [0.25, 0.3) is 27.8 Å². The summed E-state index contributed by atoms with van der Waals surface area (Å²) in [5, 5.41) is 3.65. The summed E-state index contributed by atoms with van der Waals surface area (Å²) in [7, 11) is 0. The van der Waals surface area contributed by atoms with Gasteiger partial charge in [-0.15, -0.1) is 0 Å². The van der Waals surface area contributed by atoms with Crippen LogP contribution < -0.4 is 10.1 Å². The van der Waals surface area contributed by atoms with Gasteiger partial charge in [-0.2, -0.15) is 0 Å². The molecule has 2 heteroatoms. The average molecular weight is 353 g/mol. The second-order valence-electron chi connectivity index (χ2n) is 8.05. The Kier molecular flexibility index (Phi) is 3.45. The summed E-state index contributed by atoms with van der Waals surface area (Å²) in [6.07, 6.45) is 2.31. The number of anilines is 1. The number of hydrogen-bond donors (Lipinski definition) is 1. The highest BCUT2D eigenvalue weighted by Gasteiger charge is 2.28. The number of hydrogen-bond acceptors (Lipinski definition) is 2. The number of fused-ring (bicyclic) bond motifs is 5. The summed E-state index contributed by atoms with van der Waals surface area (Å²) in [6.45, 7) is 7.23. The molecule has 5 rings (SSSR count). The first-order valence-electron chi connectivity index (χ1n) is 9.48. The van der Waals surface area contributed by atoms with Crippen LogP contribution in [0.4, 0.5) is 5.69 Å². The minimum atomic E-state index is -0.0285. The fourth-order valence-corrected chi connectivity index (χ4v) is 4.43. The molecular weight excluding hydrogens is 330 g/mol. The van der Waals surface area contributed by atoms with Gasteiger partial charge in [0.1, 0.15) is 12.4 Å². The van der Waals surface area contributed by atoms with E-state index in [1.165, 1.54) is 44.6 Å². The Morgan fingerprint density at radius 2 is 1.70 bits per heavy atom. The lowest BCUT2D eigenvalue weighted by molar-refractivity contribution is 0.302. The zero-order valence-corrected chi connectivity index (χ0v) is 16.0. The second-order valence-corrected chi connectivity index (χ2v) is 8.05. The van der Waals surface area contributed by atoms with Crippen LogP contribution in [-0.4, -0.2) is 5.54 Å². The van der Waals surface area contributed by atoms with Crippen LogP contribution in [0, 0.1) is 0 Å². The highest BCUT2D eigenvalue weighted by atomic mass is 16.5. The van der Waals surface area contributed by atoms with Crippen molar-refractivity contribution in [3.05, 3.63) is 77.9 Å². The number of nitrogens with one attached hydrogen (secondary N) is 1. The molecule has 134 valence electrons. The van der Waals surface area contributed by atoms with E-state index < -0.39 is 0 Å². The van der Waals surface area contributed by atoms with Crippen LogP contribution in [0.1, 0.15) is 31.9 Å². The van der Waals surface area contributed by atoms with Crippen LogP contribution in [0.2, 0.25) is 0 Å². The second kappa shape index (κ2) is 5.75. The quantitative estimate of drug-likeness (QED) is 0.538. The van der Waals surface area contributed by atoms with Gasteiger partial charge in [-0.05, 0) is 61.2 Å². The molecule has 0 saturated heterocycles. The Morgan fingerprint density at radius 3 is 2.52 bits per heavy atom. The minimum Gasteiger partial charge on any atom is -0.488 e. The summed E-state index contributed by atoms with van der Waals surface area (Å²) in [6, 6.07) is 21.5. The molecule has 2 heterocycles. The Bertz CT molecular complexity index is 1080. The molecule has 0 bridgehead atoms. The van der Waals surface area contributed by atoms with Crippen molar-refractivity contribution in [2.24, 2.45) is 0 Å². The van der Waals surface area contributed by atoms with Gasteiger partial charge in [0.05, 0.1) is 5.54 Å². The maximum absolute atomic E-state index is 6.15. The zero-order chi connectivity index (χ0) is 18.6. The van der Waals surface area contributed by atoms with Crippen LogP contribution in [0.15, 0.2) is 66.7 Å². The normalized spacial score (nSPS) is 16.2. The van der Waals surface area contributed by atoms with Crippen molar-refractivity contribution in [3.8, 4) is 28.0 Å². The van der Waals surface area contributed by atoms with Crippen LogP contribution >= 0.6 is 0 Å². The van der Waals surface area contributed by atoms with Crippen molar-refractivity contribution < 1.29 is 4.74 Å². The van der Waals surface area contributed by atoms with Crippen molar-refractivity contribution in [2.45, 2.75) is 32.9 Å². The van der Waals surface area contributed by atoms with Gasteiger partial charge in [0.15, 0.2) is 0 Å². The van der Waals surface area contributed by atoms with Crippen LogP contribution in [0.5, 0.6) is 5.75 Å². The number of ether oxygens (including phenoxy) is 1. The molecule has 27 heavy (non-hydrogen) atoms. The molecule has 2 nitrogen and oxygen atoms in total. The zero-order valence-electron chi connectivity index (χ0n) is 16.0. The van der Waals surface area contributed by atoms with Gasteiger partial charge in [-0.1, -0.05) is 48.5 Å². The molecule has 0 fully saturated rings. The van der Waals surface area contributed by atoms with Crippen molar-refractivity contribution in [2.75, 3.05) is 5.32 Å². The number of allylic oxidation sites excluding steroid dienone is 1. The summed E-state index contributed by atoms with van der Waals surface area (Å²) >= 11 is 0. The van der Waals surface area contributed by atoms with Gasteiger partial charge in [0, 0.05) is 22.4 Å². The van der Waals surface area contributed by atoms with Gasteiger partial charge < -0.3 is 10.1 Å². The highest BCUT2D eigenvalue weighted by Crippen LogP contribution is 2.46. The fraction of sp³-hybridized carbons (Fsp3) is 0.200. The van der Waals surface area contributed by atoms with E-state index in [0.717, 1.165) is 5.75 Å². The third-order valence-corrected chi connectivity index (χ3v) is 5.49. The van der Waals surface area contributed by atoms with Crippen molar-refractivity contribution >= 4 is 11.3 Å². The average Bonchev–Trinajstić information content (AvgIpc) is 2.66. The summed E-state index contributed by atoms with van der Waals surface area (Å²) < 4.78 is 6.15. The molecule has 0 amide bonds. The molecule has 0 radical (unpaired) electrons. The standard InChI is InChI=1S/C25H23NO/c1-16-14-25(2,3)26-22-11-10-19-20-13-18(17-7-5-4-6-8-17)9-12-23(20)27-15-21(19)24(16)22/h4-14,26H,15H2,1-3H3. The molecule has 2 aliphatic rings. The predicted molar refractivity (Wildman–Crippen MR) is 113 cm³/mol. The molecule has 0 atom stereocenters. The van der Waals surface area contributed by atoms with E-state index in [4.69, 9.17) is 4.74 Å². The molecule has 0 saturated carbocycles. The first kappa shape index (κ1) is 16.2. The highest BCUT2D eigenvalue weighted by molar-refractivity contribution is 5.90. The van der Waals surface area contributed by atoms with E-state index in [1.54, 1.807) is 0 Å². The first-order chi connectivity index (χ1) is 13.0. The topological polar surface area (TPSA) is 21.3 Å². The predicted octanol–water partition coefficient (Wildman–Crippen LogP) is 6.52. The van der Waals surface area contributed by atoms with E-state index in [0.29, 0.717) is 6.61 Å². The lowest BCUT2D eigenvalue weighted by atomic mass is 9.84. The molecule has 0 unspecified atom stereocenters. The summed E-state index contributed by atoms with van der Waals surface area (Å²) in [5.41, 5.74) is 9.96. The van der Waals surface area contributed by atoms with Crippen LogP contribution in [0.3, 0.4) is 0 Å². The molecule has 0 aliphatic carbocycles. The third-order valence-electron chi connectivity index (χ3n) is 5.49. The van der Waals surface area contributed by atoms with Gasteiger partial charge in [0.2, 0.25) is 0 Å². The fourth-order valence-electron chi connectivity index (χ4n) is 4.43. The van der Waals surface area contributed by atoms with Gasteiger partial charge in [-0.3, -0.25) is 0 Å². The maximum atomic E-state index is 6.15. The molecule has 1 N–H and O–H groups in total. The van der Waals surface area contributed by atoms with E-state index in [-0.39, 0.29) is 5.54 Å². The molecule has 0 aromatic heterocycles. The van der Waals surface area contributed by atoms with Gasteiger partial charge >= 0.3 is 0 Å². The molecular formula is C25H23NO. The smallest absolute Gasteiger partial charge is 0.127 e. The number of benzene rings is 3. The van der Waals surface area contributed by atoms with E-state index in [2.05, 4.69) is 92.8 Å². The van der Waals surface area contributed by atoms with Crippen molar-refractivity contribution in [3.63, 3.8) is 0 Å². The first-order valence-corrected chi connectivity index (χ1v) is 9.48. The lowest BCUT2D eigenvalue weighted by Gasteiger charge is -2.34. The SMILES string of the molecule is CC1=CC(C)(C)Nc2ccc3c(c21)COc1ccc(-c2ccccc2)cc1-3. The van der Waals surface area contributed by atoms with Crippen molar-refractivity contribution in [1.29, 1.82) is 0 Å². The molecule has 2 aliphatic heterocycles. The number of rotatable bonds is 1. The van der Waals surface area contributed by atoms with E-state index in [1.807, 2.05) is 0 Å². The monoisotopic (exact) mass is 353 g/mol. The Morgan fingerprint density at radius 1 is 0.889 bits per heavy atom. The van der Waals surface area contributed by atoms with Gasteiger partial charge in [-0.25, -0.2) is 0 Å². The summed E-state index contributed by atoms with van der Waals surface area (Å²) in [5.74, 6) is 0.966. The van der Waals surface area contributed by atoms with E-state index in [9.17, 15) is 0 Å². The molecule has 0 spiro atoms. The van der Waals surface area contributed by atoms with Gasteiger partial charge in [0.25, 0.3) is 0 Å². The lowest BCUT2D eigenvalue weighted by Crippen LogP contribution is -2.32.